The van der Waals surface area contributed by atoms with Gasteiger partial charge < -0.3 is 15.0 Å². The summed E-state index contributed by atoms with van der Waals surface area (Å²) in [5, 5.41) is 11.1. The zero-order valence-corrected chi connectivity index (χ0v) is 20.7. The molecule has 194 valence electrons. The van der Waals surface area contributed by atoms with Crippen LogP contribution in [0.2, 0.25) is 0 Å². The van der Waals surface area contributed by atoms with Crippen LogP contribution in [-0.2, 0) is 4.74 Å². The van der Waals surface area contributed by atoms with Gasteiger partial charge in [0.2, 0.25) is 0 Å². The van der Waals surface area contributed by atoms with Crippen molar-refractivity contribution >= 4 is 23.1 Å². The highest BCUT2D eigenvalue weighted by Gasteiger charge is 2.28. The van der Waals surface area contributed by atoms with Gasteiger partial charge in [0.25, 0.3) is 12.3 Å². The van der Waals surface area contributed by atoms with Gasteiger partial charge in [0.15, 0.2) is 11.3 Å². The van der Waals surface area contributed by atoms with Crippen LogP contribution in [-0.4, -0.2) is 56.6 Å². The first-order chi connectivity index (χ1) is 17.4. The lowest BCUT2D eigenvalue weighted by molar-refractivity contribution is 0.102. The highest BCUT2D eigenvalue weighted by atomic mass is 19.3. The maximum Gasteiger partial charge on any atom is 0.284 e. The summed E-state index contributed by atoms with van der Waals surface area (Å²) >= 11 is 0. The average Bonchev–Trinajstić information content (AvgIpc) is 3.39. The van der Waals surface area contributed by atoms with Gasteiger partial charge in [0.05, 0.1) is 24.5 Å². The number of ether oxygens (including phenoxy) is 1. The molecule has 0 bridgehead atoms. The summed E-state index contributed by atoms with van der Waals surface area (Å²) in [7, 11) is 0. The van der Waals surface area contributed by atoms with Gasteiger partial charge in [-0.3, -0.25) is 9.48 Å². The molecule has 36 heavy (non-hydrogen) atoms. The fraction of sp³-hybridized carbons (Fsp3) is 0.600. The fourth-order valence-corrected chi connectivity index (χ4v) is 5.24. The fourth-order valence-electron chi connectivity index (χ4n) is 5.24. The molecule has 3 aromatic heterocycles. The third-order valence-electron chi connectivity index (χ3n) is 7.42. The molecule has 0 radical (unpaired) electrons. The minimum atomic E-state index is -2.80. The molecular weight excluding hydrogens is 468 g/mol. The molecule has 11 heteroatoms. The number of hydrogen-bond donors (Lipinski definition) is 1. The largest absolute Gasteiger partial charge is 0.380 e. The summed E-state index contributed by atoms with van der Waals surface area (Å²) in [6.07, 6.45) is 6.67. The smallest absolute Gasteiger partial charge is 0.284 e. The Morgan fingerprint density at radius 1 is 1.17 bits per heavy atom. The van der Waals surface area contributed by atoms with Crippen molar-refractivity contribution in [1.82, 2.24) is 24.4 Å². The molecule has 0 unspecified atom stereocenters. The number of nitrogens with zero attached hydrogens (tertiary/aromatic N) is 6. The molecule has 1 N–H and O–H groups in total. The number of anilines is 2. The number of hydrogen-bond acceptors (Lipinski definition) is 6. The van der Waals surface area contributed by atoms with E-state index >= 15 is 0 Å². The monoisotopic (exact) mass is 501 g/mol. The van der Waals surface area contributed by atoms with Gasteiger partial charge in [-0.15, -0.1) is 0 Å². The summed E-state index contributed by atoms with van der Waals surface area (Å²) in [5.74, 6) is 1.45. The Morgan fingerprint density at radius 2 is 1.97 bits per heavy atom. The zero-order chi connectivity index (χ0) is 25.2. The highest BCUT2D eigenvalue weighted by Crippen LogP contribution is 2.37. The van der Waals surface area contributed by atoms with E-state index in [0.717, 1.165) is 44.5 Å². The quantitative estimate of drug-likeness (QED) is 0.525. The maximum absolute atomic E-state index is 13.8. The highest BCUT2D eigenvalue weighted by molar-refractivity contribution is 6.08. The Morgan fingerprint density at radius 3 is 2.72 bits per heavy atom. The SMILES string of the molecule is CC(C)C1CCC(n2cc(NC(=O)c3cnn4ccc(N5CCCOCC5)nc34)c(C(F)F)n2)CC1. The maximum atomic E-state index is 13.8. The van der Waals surface area contributed by atoms with E-state index in [1.54, 1.807) is 17.1 Å². The number of carbonyl (C=O) groups is 1. The van der Waals surface area contributed by atoms with Crippen molar-refractivity contribution in [2.75, 3.05) is 36.5 Å². The third-order valence-corrected chi connectivity index (χ3v) is 7.42. The number of alkyl halides is 2. The predicted molar refractivity (Wildman–Crippen MR) is 132 cm³/mol. The van der Waals surface area contributed by atoms with Gasteiger partial charge in [0.1, 0.15) is 11.4 Å². The molecular formula is C25H33F2N7O2. The lowest BCUT2D eigenvalue weighted by Crippen LogP contribution is -2.27. The number of fused-ring (bicyclic) bond motifs is 1. The summed E-state index contributed by atoms with van der Waals surface area (Å²) in [5.41, 5.74) is 0.201. The molecule has 3 aromatic rings. The minimum absolute atomic E-state index is 0.0288. The van der Waals surface area contributed by atoms with E-state index in [1.165, 1.54) is 10.7 Å². The van der Waals surface area contributed by atoms with E-state index in [4.69, 9.17) is 4.74 Å². The minimum Gasteiger partial charge on any atom is -0.380 e. The van der Waals surface area contributed by atoms with E-state index in [2.05, 4.69) is 39.2 Å². The molecule has 1 saturated heterocycles. The Kier molecular flexibility index (Phi) is 7.17. The number of amides is 1. The molecule has 5 rings (SSSR count). The van der Waals surface area contributed by atoms with Crippen molar-refractivity contribution in [3.05, 3.63) is 35.9 Å². The normalized spacial score (nSPS) is 21.3. The van der Waals surface area contributed by atoms with Crippen molar-refractivity contribution in [2.24, 2.45) is 11.8 Å². The topological polar surface area (TPSA) is 89.6 Å². The molecule has 0 spiro atoms. The first-order valence-corrected chi connectivity index (χ1v) is 12.8. The average molecular weight is 502 g/mol. The second kappa shape index (κ2) is 10.5. The van der Waals surface area contributed by atoms with Crippen molar-refractivity contribution in [1.29, 1.82) is 0 Å². The van der Waals surface area contributed by atoms with Crippen LogP contribution in [0.25, 0.3) is 5.65 Å². The molecule has 1 amide bonds. The van der Waals surface area contributed by atoms with Crippen LogP contribution in [0, 0.1) is 11.8 Å². The van der Waals surface area contributed by atoms with Crippen LogP contribution in [0.15, 0.2) is 24.7 Å². The number of nitrogens with one attached hydrogen (secondary N) is 1. The van der Waals surface area contributed by atoms with Crippen molar-refractivity contribution < 1.29 is 18.3 Å². The summed E-state index contributed by atoms with van der Waals surface area (Å²) in [6, 6.07) is 1.90. The molecule has 1 aliphatic carbocycles. The van der Waals surface area contributed by atoms with Crippen molar-refractivity contribution in [2.45, 2.75) is 58.4 Å². The third kappa shape index (κ3) is 5.07. The van der Waals surface area contributed by atoms with Crippen molar-refractivity contribution in [3.8, 4) is 0 Å². The molecule has 1 aliphatic heterocycles. The lowest BCUT2D eigenvalue weighted by Gasteiger charge is -2.30. The number of halogens is 2. The summed E-state index contributed by atoms with van der Waals surface area (Å²) in [6.45, 7) is 7.27. The molecule has 9 nitrogen and oxygen atoms in total. The molecule has 4 heterocycles. The molecule has 2 fully saturated rings. The van der Waals surface area contributed by atoms with E-state index in [0.29, 0.717) is 37.2 Å². The number of carbonyl (C=O) groups excluding carboxylic acids is 1. The van der Waals surface area contributed by atoms with Crippen LogP contribution < -0.4 is 10.2 Å². The second-order valence-corrected chi connectivity index (χ2v) is 10.0. The molecule has 0 aromatic carbocycles. The first kappa shape index (κ1) is 24.6. The van der Waals surface area contributed by atoms with Crippen LogP contribution in [0.5, 0.6) is 0 Å². The van der Waals surface area contributed by atoms with Gasteiger partial charge in [-0.05, 0) is 50.0 Å². The van der Waals surface area contributed by atoms with Crippen molar-refractivity contribution in [3.63, 3.8) is 0 Å². The van der Waals surface area contributed by atoms with Gasteiger partial charge in [0, 0.05) is 32.1 Å². The number of aromatic nitrogens is 5. The van der Waals surface area contributed by atoms with Gasteiger partial charge >= 0.3 is 0 Å². The van der Waals surface area contributed by atoms with E-state index < -0.39 is 18.0 Å². The Labute approximate surface area is 208 Å². The molecule has 0 atom stereocenters. The predicted octanol–water partition coefficient (Wildman–Crippen LogP) is 4.73. The molecule has 1 saturated carbocycles. The Bertz CT molecular complexity index is 1190. The first-order valence-electron chi connectivity index (χ1n) is 12.8. The van der Waals surface area contributed by atoms with Crippen LogP contribution in [0.1, 0.15) is 74.5 Å². The van der Waals surface area contributed by atoms with E-state index in [9.17, 15) is 13.6 Å². The Hall–Kier alpha value is -3.08. The van der Waals surface area contributed by atoms with Crippen LogP contribution in [0.4, 0.5) is 20.3 Å². The summed E-state index contributed by atoms with van der Waals surface area (Å²) in [4.78, 5) is 20.0. The van der Waals surface area contributed by atoms with E-state index in [-0.39, 0.29) is 17.3 Å². The standard InChI is InChI=1S/C25H33F2N7O2/c1-16(2)17-4-6-18(7-5-17)34-15-20(22(31-34)23(26)27)29-25(35)19-14-28-33-10-8-21(30-24(19)33)32-9-3-12-36-13-11-32/h8,10,14-18,23H,3-7,9,11-13H2,1-2H3,(H,29,35). The van der Waals surface area contributed by atoms with Gasteiger partial charge in [-0.2, -0.15) is 10.2 Å². The van der Waals surface area contributed by atoms with E-state index in [1.807, 2.05) is 6.07 Å². The zero-order valence-electron chi connectivity index (χ0n) is 20.7. The number of rotatable bonds is 6. The lowest BCUT2D eigenvalue weighted by atomic mass is 9.80. The second-order valence-electron chi connectivity index (χ2n) is 10.0. The van der Waals surface area contributed by atoms with Crippen LogP contribution >= 0.6 is 0 Å². The van der Waals surface area contributed by atoms with Gasteiger partial charge in [-0.25, -0.2) is 18.3 Å². The van der Waals surface area contributed by atoms with Gasteiger partial charge in [-0.1, -0.05) is 13.8 Å². The Balaban J connectivity index is 1.36. The summed E-state index contributed by atoms with van der Waals surface area (Å²) < 4.78 is 36.3. The molecule has 2 aliphatic rings. The van der Waals surface area contributed by atoms with Crippen LogP contribution in [0.3, 0.4) is 0 Å².